The van der Waals surface area contributed by atoms with Crippen molar-refractivity contribution in [1.29, 1.82) is 0 Å². The topological polar surface area (TPSA) is 52.6 Å². The zero-order valence-corrected chi connectivity index (χ0v) is 14.4. The summed E-state index contributed by atoms with van der Waals surface area (Å²) in [5, 5.41) is 12.4. The van der Waals surface area contributed by atoms with E-state index >= 15 is 0 Å². The lowest BCUT2D eigenvalue weighted by molar-refractivity contribution is 0.0676. The summed E-state index contributed by atoms with van der Waals surface area (Å²) in [4.78, 5) is 14.9. The molecule has 2 heterocycles. The van der Waals surface area contributed by atoms with Gasteiger partial charge in [0, 0.05) is 31.8 Å². The van der Waals surface area contributed by atoms with Crippen LogP contribution in [0.5, 0.6) is 0 Å². The van der Waals surface area contributed by atoms with E-state index in [1.807, 2.05) is 23.1 Å². The molecule has 0 aliphatic carbocycles. The standard InChI is InChI=1S/C18H26N2O2.ClH/c21-12-8-14-6-10-20(11-7-14)18(22)17-4-2-1-3-16(17)15-5-9-19-13-15;/h1-4,14-15,19,21H,5-13H2;1H. The number of rotatable bonds is 4. The number of likely N-dealkylation sites (tertiary alicyclic amines) is 1. The number of aliphatic hydroxyl groups excluding tert-OH is 1. The number of piperidine rings is 1. The van der Waals surface area contributed by atoms with Gasteiger partial charge in [-0.25, -0.2) is 0 Å². The van der Waals surface area contributed by atoms with Crippen LogP contribution in [0.4, 0.5) is 0 Å². The smallest absolute Gasteiger partial charge is 0.254 e. The summed E-state index contributed by atoms with van der Waals surface area (Å²) in [6.45, 7) is 3.92. The zero-order valence-electron chi connectivity index (χ0n) is 13.5. The fraction of sp³-hybridized carbons (Fsp3) is 0.611. The first-order chi connectivity index (χ1) is 10.8. The largest absolute Gasteiger partial charge is 0.396 e. The van der Waals surface area contributed by atoms with Crippen molar-refractivity contribution in [2.45, 2.75) is 31.6 Å². The molecule has 0 bridgehead atoms. The van der Waals surface area contributed by atoms with Gasteiger partial charge in [0.2, 0.25) is 0 Å². The van der Waals surface area contributed by atoms with Crippen LogP contribution in [0, 0.1) is 5.92 Å². The third-order valence-corrected chi connectivity index (χ3v) is 5.13. The second-order valence-electron chi connectivity index (χ2n) is 6.52. The number of hydrogen-bond donors (Lipinski definition) is 2. The Morgan fingerprint density at radius 1 is 1.22 bits per heavy atom. The molecule has 1 unspecified atom stereocenters. The lowest BCUT2D eigenvalue weighted by Gasteiger charge is -2.32. The molecule has 1 aromatic rings. The van der Waals surface area contributed by atoms with E-state index in [9.17, 15) is 4.79 Å². The molecule has 23 heavy (non-hydrogen) atoms. The molecule has 1 atom stereocenters. The first kappa shape index (κ1) is 18.2. The van der Waals surface area contributed by atoms with Gasteiger partial charge in [-0.2, -0.15) is 0 Å². The van der Waals surface area contributed by atoms with Crippen molar-refractivity contribution in [3.05, 3.63) is 35.4 Å². The molecular weight excluding hydrogens is 312 g/mol. The maximum atomic E-state index is 12.9. The molecule has 0 spiro atoms. The summed E-state index contributed by atoms with van der Waals surface area (Å²) in [7, 11) is 0. The summed E-state index contributed by atoms with van der Waals surface area (Å²) < 4.78 is 0. The number of benzene rings is 1. The minimum Gasteiger partial charge on any atom is -0.396 e. The van der Waals surface area contributed by atoms with Gasteiger partial charge in [0.15, 0.2) is 0 Å². The quantitative estimate of drug-likeness (QED) is 0.886. The van der Waals surface area contributed by atoms with Crippen molar-refractivity contribution < 1.29 is 9.90 Å². The molecule has 128 valence electrons. The normalized spacial score (nSPS) is 22.0. The molecule has 2 fully saturated rings. The third-order valence-electron chi connectivity index (χ3n) is 5.13. The Hall–Kier alpha value is -1.10. The Morgan fingerprint density at radius 3 is 2.61 bits per heavy atom. The highest BCUT2D eigenvalue weighted by atomic mass is 35.5. The molecule has 2 saturated heterocycles. The van der Waals surface area contributed by atoms with Crippen LogP contribution < -0.4 is 5.32 Å². The number of carbonyl (C=O) groups excluding carboxylic acids is 1. The zero-order chi connectivity index (χ0) is 15.4. The molecule has 0 radical (unpaired) electrons. The minimum atomic E-state index is 0. The Labute approximate surface area is 144 Å². The Balaban J connectivity index is 0.00000192. The van der Waals surface area contributed by atoms with Gasteiger partial charge in [-0.05, 0) is 55.7 Å². The molecule has 3 rings (SSSR count). The van der Waals surface area contributed by atoms with E-state index in [0.29, 0.717) is 11.8 Å². The fourth-order valence-electron chi connectivity index (χ4n) is 3.75. The molecular formula is C18H27ClN2O2. The van der Waals surface area contributed by atoms with Gasteiger partial charge in [-0.15, -0.1) is 12.4 Å². The Morgan fingerprint density at radius 2 is 1.96 bits per heavy atom. The van der Waals surface area contributed by atoms with Gasteiger partial charge < -0.3 is 15.3 Å². The van der Waals surface area contributed by atoms with Gasteiger partial charge in [0.25, 0.3) is 5.91 Å². The summed E-state index contributed by atoms with van der Waals surface area (Å²) in [6, 6.07) is 8.11. The monoisotopic (exact) mass is 338 g/mol. The predicted molar refractivity (Wildman–Crippen MR) is 94.2 cm³/mol. The second kappa shape index (κ2) is 8.67. The Bertz CT molecular complexity index is 509. The van der Waals surface area contributed by atoms with E-state index in [1.54, 1.807) is 0 Å². The number of carbonyl (C=O) groups is 1. The van der Waals surface area contributed by atoms with Gasteiger partial charge in [0.05, 0.1) is 0 Å². The van der Waals surface area contributed by atoms with Crippen molar-refractivity contribution in [3.63, 3.8) is 0 Å². The second-order valence-corrected chi connectivity index (χ2v) is 6.52. The maximum Gasteiger partial charge on any atom is 0.254 e. The van der Waals surface area contributed by atoms with Crippen molar-refractivity contribution in [3.8, 4) is 0 Å². The first-order valence-electron chi connectivity index (χ1n) is 8.49. The summed E-state index contributed by atoms with van der Waals surface area (Å²) >= 11 is 0. The molecule has 1 amide bonds. The van der Waals surface area contributed by atoms with Crippen LogP contribution in [0.15, 0.2) is 24.3 Å². The number of halogens is 1. The highest BCUT2D eigenvalue weighted by molar-refractivity contribution is 5.96. The highest BCUT2D eigenvalue weighted by Crippen LogP contribution is 2.28. The van der Waals surface area contributed by atoms with Crippen molar-refractivity contribution >= 4 is 18.3 Å². The van der Waals surface area contributed by atoms with E-state index in [2.05, 4.69) is 11.4 Å². The van der Waals surface area contributed by atoms with E-state index in [4.69, 9.17) is 5.11 Å². The van der Waals surface area contributed by atoms with Crippen molar-refractivity contribution in [1.82, 2.24) is 10.2 Å². The molecule has 0 saturated carbocycles. The SMILES string of the molecule is Cl.O=C(c1ccccc1C1CCNC1)N1CCC(CCO)CC1. The molecule has 0 aromatic heterocycles. The number of nitrogens with one attached hydrogen (secondary N) is 1. The average Bonchev–Trinajstić information content (AvgIpc) is 3.10. The number of hydrogen-bond acceptors (Lipinski definition) is 3. The molecule has 2 aliphatic heterocycles. The van der Waals surface area contributed by atoms with Crippen LogP contribution in [-0.2, 0) is 0 Å². The average molecular weight is 339 g/mol. The molecule has 2 aliphatic rings. The van der Waals surface area contributed by atoms with E-state index < -0.39 is 0 Å². The van der Waals surface area contributed by atoms with Crippen LogP contribution in [-0.4, -0.2) is 48.7 Å². The van der Waals surface area contributed by atoms with Crippen LogP contribution in [0.25, 0.3) is 0 Å². The maximum absolute atomic E-state index is 12.9. The van der Waals surface area contributed by atoms with Gasteiger partial charge in [0.1, 0.15) is 0 Å². The van der Waals surface area contributed by atoms with Crippen molar-refractivity contribution in [2.24, 2.45) is 5.92 Å². The lowest BCUT2D eigenvalue weighted by Crippen LogP contribution is -2.39. The summed E-state index contributed by atoms with van der Waals surface area (Å²) in [5.74, 6) is 1.22. The summed E-state index contributed by atoms with van der Waals surface area (Å²) in [5.41, 5.74) is 2.09. The predicted octanol–water partition coefficient (Wildman–Crippen LogP) is 2.42. The molecule has 4 nitrogen and oxygen atoms in total. The fourth-order valence-corrected chi connectivity index (χ4v) is 3.75. The van der Waals surface area contributed by atoms with Crippen LogP contribution in [0.2, 0.25) is 0 Å². The van der Waals surface area contributed by atoms with E-state index in [1.165, 1.54) is 5.56 Å². The van der Waals surface area contributed by atoms with Gasteiger partial charge >= 0.3 is 0 Å². The molecule has 5 heteroatoms. The lowest BCUT2D eigenvalue weighted by atomic mass is 9.91. The van der Waals surface area contributed by atoms with E-state index in [-0.39, 0.29) is 24.9 Å². The number of nitrogens with zero attached hydrogens (tertiary/aromatic N) is 1. The van der Waals surface area contributed by atoms with Crippen LogP contribution in [0.1, 0.15) is 47.5 Å². The summed E-state index contributed by atoms with van der Waals surface area (Å²) in [6.07, 6.45) is 4.01. The van der Waals surface area contributed by atoms with Crippen molar-refractivity contribution in [2.75, 3.05) is 32.8 Å². The molecule has 2 N–H and O–H groups in total. The first-order valence-corrected chi connectivity index (χ1v) is 8.49. The van der Waals surface area contributed by atoms with E-state index in [0.717, 1.165) is 57.4 Å². The van der Waals surface area contributed by atoms with Gasteiger partial charge in [-0.1, -0.05) is 18.2 Å². The van der Waals surface area contributed by atoms with Crippen LogP contribution in [0.3, 0.4) is 0 Å². The number of amides is 1. The minimum absolute atomic E-state index is 0. The Kier molecular flexibility index (Phi) is 6.88. The molecule has 1 aromatic carbocycles. The highest BCUT2D eigenvalue weighted by Gasteiger charge is 2.27. The third kappa shape index (κ3) is 4.25. The van der Waals surface area contributed by atoms with Crippen LogP contribution >= 0.6 is 12.4 Å². The van der Waals surface area contributed by atoms with Gasteiger partial charge in [-0.3, -0.25) is 4.79 Å². The number of aliphatic hydroxyl groups is 1.